The van der Waals surface area contributed by atoms with Crippen molar-refractivity contribution in [1.82, 2.24) is 10.2 Å². The number of rotatable bonds is 4. The number of piperidine rings is 1. The van der Waals surface area contributed by atoms with E-state index in [0.29, 0.717) is 6.04 Å². The molecule has 1 aliphatic heterocycles. The minimum absolute atomic E-state index is 0.0945. The maximum atomic E-state index is 12.3. The average molecular weight is 325 g/mol. The van der Waals surface area contributed by atoms with Gasteiger partial charge < -0.3 is 10.2 Å². The summed E-state index contributed by atoms with van der Waals surface area (Å²) in [4.78, 5) is 14.1. The second kappa shape index (κ2) is 7.06. The van der Waals surface area contributed by atoms with E-state index < -0.39 is 0 Å². The van der Waals surface area contributed by atoms with Crippen LogP contribution in [0.1, 0.15) is 36.0 Å². The number of benzene rings is 1. The van der Waals surface area contributed by atoms with Crippen molar-refractivity contribution in [2.45, 2.75) is 31.7 Å². The number of nitrogens with one attached hydrogen (secondary N) is 1. The van der Waals surface area contributed by atoms with Crippen LogP contribution >= 0.6 is 15.9 Å². The minimum atomic E-state index is 0.0945. The normalized spacial score (nSPS) is 19.2. The number of hydrogen-bond acceptors (Lipinski definition) is 2. The van der Waals surface area contributed by atoms with Crippen molar-refractivity contribution in [3.8, 4) is 0 Å². The summed E-state index contributed by atoms with van der Waals surface area (Å²) in [5.41, 5.74) is 0.744. The van der Waals surface area contributed by atoms with Gasteiger partial charge >= 0.3 is 0 Å². The number of carbonyl (C=O) groups excluding carboxylic acids is 1. The van der Waals surface area contributed by atoms with Gasteiger partial charge in [-0.05, 0) is 44.0 Å². The van der Waals surface area contributed by atoms with Crippen molar-refractivity contribution in [1.29, 1.82) is 0 Å². The third-order valence-corrected chi connectivity index (χ3v) is 4.14. The Bertz CT molecular complexity index is 430. The van der Waals surface area contributed by atoms with Gasteiger partial charge in [-0.3, -0.25) is 4.79 Å². The van der Waals surface area contributed by atoms with Crippen LogP contribution in [0.3, 0.4) is 0 Å². The summed E-state index contributed by atoms with van der Waals surface area (Å²) in [6, 6.07) is 8.14. The lowest BCUT2D eigenvalue weighted by molar-refractivity contribution is 0.0788. The first kappa shape index (κ1) is 14.5. The Morgan fingerprint density at radius 3 is 3.00 bits per heavy atom. The first-order chi connectivity index (χ1) is 9.16. The summed E-state index contributed by atoms with van der Waals surface area (Å²) in [6.45, 7) is 1.93. The SMILES string of the molecule is CN(CCC1CCCCN1)C(=O)c1cccc(Br)c1. The second-order valence-electron chi connectivity index (χ2n) is 5.17. The molecule has 1 atom stereocenters. The van der Waals surface area contributed by atoms with Gasteiger partial charge in [0.05, 0.1) is 0 Å². The molecule has 1 unspecified atom stereocenters. The van der Waals surface area contributed by atoms with E-state index >= 15 is 0 Å². The molecule has 1 heterocycles. The molecule has 0 spiro atoms. The third kappa shape index (κ3) is 4.32. The summed E-state index contributed by atoms with van der Waals surface area (Å²) >= 11 is 3.40. The Kier molecular flexibility index (Phi) is 5.40. The van der Waals surface area contributed by atoms with Gasteiger partial charge in [-0.15, -0.1) is 0 Å². The van der Waals surface area contributed by atoms with Crippen molar-refractivity contribution in [3.63, 3.8) is 0 Å². The molecule has 0 saturated carbocycles. The van der Waals surface area contributed by atoms with E-state index in [4.69, 9.17) is 0 Å². The van der Waals surface area contributed by atoms with Crippen molar-refractivity contribution >= 4 is 21.8 Å². The molecule has 0 bridgehead atoms. The number of amides is 1. The van der Waals surface area contributed by atoms with Crippen LogP contribution < -0.4 is 5.32 Å². The molecule has 104 valence electrons. The Hall–Kier alpha value is -0.870. The Labute approximate surface area is 123 Å². The van der Waals surface area contributed by atoms with Gasteiger partial charge in [0, 0.05) is 29.7 Å². The van der Waals surface area contributed by atoms with Gasteiger partial charge in [0.1, 0.15) is 0 Å². The van der Waals surface area contributed by atoms with E-state index in [-0.39, 0.29) is 5.91 Å². The molecule has 19 heavy (non-hydrogen) atoms. The summed E-state index contributed by atoms with van der Waals surface area (Å²) in [6.07, 6.45) is 4.86. The number of nitrogens with zero attached hydrogens (tertiary/aromatic N) is 1. The summed E-state index contributed by atoms with van der Waals surface area (Å²) < 4.78 is 0.945. The van der Waals surface area contributed by atoms with Crippen LogP contribution in [0.25, 0.3) is 0 Å². The molecule has 0 aromatic heterocycles. The van der Waals surface area contributed by atoms with Crippen LogP contribution in [0.15, 0.2) is 28.7 Å². The van der Waals surface area contributed by atoms with Crippen LogP contribution in [-0.4, -0.2) is 37.0 Å². The molecule has 1 aromatic carbocycles. The van der Waals surface area contributed by atoms with Crippen LogP contribution in [0.2, 0.25) is 0 Å². The molecule has 0 radical (unpaired) electrons. The molecule has 0 aliphatic carbocycles. The zero-order valence-electron chi connectivity index (χ0n) is 11.4. The van der Waals surface area contributed by atoms with E-state index in [1.165, 1.54) is 19.3 Å². The Morgan fingerprint density at radius 2 is 2.32 bits per heavy atom. The fourth-order valence-corrected chi connectivity index (χ4v) is 2.86. The highest BCUT2D eigenvalue weighted by Crippen LogP contribution is 2.14. The van der Waals surface area contributed by atoms with Gasteiger partial charge in [0.15, 0.2) is 0 Å². The molecule has 3 nitrogen and oxygen atoms in total. The summed E-state index contributed by atoms with van der Waals surface area (Å²) in [7, 11) is 1.88. The van der Waals surface area contributed by atoms with E-state index in [2.05, 4.69) is 21.2 Å². The van der Waals surface area contributed by atoms with E-state index in [1.54, 1.807) is 0 Å². The molecule has 1 amide bonds. The molecule has 2 rings (SSSR count). The molecular formula is C15H21BrN2O. The maximum absolute atomic E-state index is 12.3. The second-order valence-corrected chi connectivity index (χ2v) is 6.09. The fraction of sp³-hybridized carbons (Fsp3) is 0.533. The molecule has 1 N–H and O–H groups in total. The van der Waals surface area contributed by atoms with E-state index in [0.717, 1.165) is 29.5 Å². The van der Waals surface area contributed by atoms with Crippen LogP contribution in [0.5, 0.6) is 0 Å². The highest BCUT2D eigenvalue weighted by molar-refractivity contribution is 9.10. The van der Waals surface area contributed by atoms with Crippen LogP contribution in [0.4, 0.5) is 0 Å². The summed E-state index contributed by atoms with van der Waals surface area (Å²) in [5.74, 6) is 0.0945. The van der Waals surface area contributed by atoms with Gasteiger partial charge in [0.2, 0.25) is 0 Å². The Balaban J connectivity index is 1.85. The fourth-order valence-electron chi connectivity index (χ4n) is 2.46. The van der Waals surface area contributed by atoms with Gasteiger partial charge in [0.25, 0.3) is 5.91 Å². The first-order valence-corrected chi connectivity index (χ1v) is 7.70. The maximum Gasteiger partial charge on any atom is 0.253 e. The number of carbonyl (C=O) groups is 1. The summed E-state index contributed by atoms with van der Waals surface area (Å²) in [5, 5.41) is 3.52. The van der Waals surface area contributed by atoms with Crippen molar-refractivity contribution in [3.05, 3.63) is 34.3 Å². The molecule has 1 saturated heterocycles. The molecule has 4 heteroatoms. The first-order valence-electron chi connectivity index (χ1n) is 6.91. The van der Waals surface area contributed by atoms with Crippen molar-refractivity contribution in [2.24, 2.45) is 0 Å². The quantitative estimate of drug-likeness (QED) is 0.923. The number of hydrogen-bond donors (Lipinski definition) is 1. The third-order valence-electron chi connectivity index (χ3n) is 3.64. The van der Waals surface area contributed by atoms with Crippen molar-refractivity contribution in [2.75, 3.05) is 20.1 Å². The standard InChI is InChI=1S/C15H21BrN2O/c1-18(10-8-14-7-2-3-9-17-14)15(19)12-5-4-6-13(16)11-12/h4-6,11,14,17H,2-3,7-10H2,1H3. The number of halogens is 1. The highest BCUT2D eigenvalue weighted by Gasteiger charge is 2.16. The Morgan fingerprint density at radius 1 is 1.47 bits per heavy atom. The topological polar surface area (TPSA) is 32.3 Å². The van der Waals surface area contributed by atoms with E-state index in [9.17, 15) is 4.79 Å². The molecular weight excluding hydrogens is 304 g/mol. The molecule has 1 aliphatic rings. The van der Waals surface area contributed by atoms with Gasteiger partial charge in [-0.1, -0.05) is 28.4 Å². The monoisotopic (exact) mass is 324 g/mol. The smallest absolute Gasteiger partial charge is 0.253 e. The predicted octanol–water partition coefficient (Wildman–Crippen LogP) is 3.05. The lowest BCUT2D eigenvalue weighted by Gasteiger charge is -2.26. The lowest BCUT2D eigenvalue weighted by atomic mass is 10.0. The average Bonchev–Trinajstić information content (AvgIpc) is 2.45. The van der Waals surface area contributed by atoms with E-state index in [1.807, 2.05) is 36.2 Å². The van der Waals surface area contributed by atoms with Crippen molar-refractivity contribution < 1.29 is 4.79 Å². The van der Waals surface area contributed by atoms with Gasteiger partial charge in [-0.25, -0.2) is 0 Å². The molecule has 1 aromatic rings. The van der Waals surface area contributed by atoms with Crippen LogP contribution in [0, 0.1) is 0 Å². The zero-order chi connectivity index (χ0) is 13.7. The largest absolute Gasteiger partial charge is 0.342 e. The molecule has 1 fully saturated rings. The van der Waals surface area contributed by atoms with Gasteiger partial charge in [-0.2, -0.15) is 0 Å². The minimum Gasteiger partial charge on any atom is -0.342 e. The lowest BCUT2D eigenvalue weighted by Crippen LogP contribution is -2.38. The zero-order valence-corrected chi connectivity index (χ0v) is 12.9. The highest BCUT2D eigenvalue weighted by atomic mass is 79.9. The predicted molar refractivity (Wildman–Crippen MR) is 81.4 cm³/mol. The van der Waals surface area contributed by atoms with Crippen LogP contribution in [-0.2, 0) is 0 Å².